The van der Waals surface area contributed by atoms with Gasteiger partial charge in [0.05, 0.1) is 0 Å². The van der Waals surface area contributed by atoms with Gasteiger partial charge >= 0.3 is 0 Å². The first-order valence-electron chi connectivity index (χ1n) is 9.13. The van der Waals surface area contributed by atoms with E-state index in [4.69, 9.17) is 4.42 Å². The molecular weight excluding hydrogens is 364 g/mol. The summed E-state index contributed by atoms with van der Waals surface area (Å²) in [6.45, 7) is 0. The molecule has 29 heavy (non-hydrogen) atoms. The summed E-state index contributed by atoms with van der Waals surface area (Å²) in [5, 5.41) is 6.24. The Labute approximate surface area is 167 Å². The normalized spacial score (nSPS) is 10.9. The lowest BCUT2D eigenvalue weighted by molar-refractivity contribution is -0.111. The van der Waals surface area contributed by atoms with Crippen molar-refractivity contribution in [2.24, 2.45) is 0 Å². The molecule has 0 aliphatic heterocycles. The van der Waals surface area contributed by atoms with Crippen molar-refractivity contribution < 1.29 is 14.0 Å². The fourth-order valence-electron chi connectivity index (χ4n) is 2.94. The maximum atomic E-state index is 12.8. The summed E-state index contributed by atoms with van der Waals surface area (Å²) in [5.41, 5.74) is 2.41. The maximum Gasteiger partial charge on any atom is 0.293 e. The Bertz CT molecular complexity index is 1180. The fourth-order valence-corrected chi connectivity index (χ4v) is 2.94. The number of carbonyl (C=O) groups is 2. The number of furan rings is 1. The van der Waals surface area contributed by atoms with Crippen molar-refractivity contribution in [3.8, 4) is 0 Å². The fraction of sp³-hybridized carbons (Fsp3) is 0. The molecule has 5 heteroatoms. The number of fused-ring (bicyclic) bond motifs is 1. The number of nitrogens with one attached hydrogen (secondary N) is 2. The van der Waals surface area contributed by atoms with Crippen LogP contribution in [0.1, 0.15) is 16.1 Å². The van der Waals surface area contributed by atoms with Crippen molar-refractivity contribution in [2.75, 3.05) is 10.6 Å². The van der Waals surface area contributed by atoms with E-state index in [1.54, 1.807) is 30.3 Å². The second-order valence-corrected chi connectivity index (χ2v) is 6.36. The number of para-hydroxylation sites is 2. The van der Waals surface area contributed by atoms with E-state index in [1.165, 1.54) is 6.08 Å². The van der Waals surface area contributed by atoms with Gasteiger partial charge in [0.2, 0.25) is 11.7 Å². The predicted octanol–water partition coefficient (Wildman–Crippen LogP) is 5.34. The number of carbonyl (C=O) groups excluding carboxylic acids is 2. The molecule has 4 aromatic rings. The van der Waals surface area contributed by atoms with Crippen LogP contribution in [0.2, 0.25) is 0 Å². The summed E-state index contributed by atoms with van der Waals surface area (Å²) in [6.07, 6.45) is 3.14. The lowest BCUT2D eigenvalue weighted by atomic mass is 10.2. The molecule has 0 saturated carbocycles. The number of hydrogen-bond acceptors (Lipinski definition) is 3. The Morgan fingerprint density at radius 2 is 1.41 bits per heavy atom. The molecule has 0 unspecified atom stereocenters. The SMILES string of the molecule is O=C(C=Cc1ccccc1)Nc1c(C(=O)Nc2ccccc2)oc2ccccc12. The molecular formula is C24H18N2O3. The van der Waals surface area contributed by atoms with E-state index in [1.807, 2.05) is 60.7 Å². The molecule has 142 valence electrons. The van der Waals surface area contributed by atoms with E-state index in [-0.39, 0.29) is 11.7 Å². The average Bonchev–Trinajstić information content (AvgIpc) is 3.12. The standard InChI is InChI=1S/C24H18N2O3/c27-21(16-15-17-9-3-1-4-10-17)26-22-19-13-7-8-14-20(19)29-23(22)24(28)25-18-11-5-2-6-12-18/h1-16H,(H,25,28)(H,26,27). The Kier molecular flexibility index (Phi) is 5.21. The van der Waals surface area contributed by atoms with Crippen LogP contribution in [0.3, 0.4) is 0 Å². The van der Waals surface area contributed by atoms with Crippen molar-refractivity contribution in [2.45, 2.75) is 0 Å². The molecule has 3 aromatic carbocycles. The molecule has 0 spiro atoms. The van der Waals surface area contributed by atoms with Crippen LogP contribution in [0, 0.1) is 0 Å². The number of anilines is 2. The molecule has 0 atom stereocenters. The summed E-state index contributed by atoms with van der Waals surface area (Å²) < 4.78 is 5.75. The van der Waals surface area contributed by atoms with Crippen LogP contribution in [0.15, 0.2) is 95.4 Å². The highest BCUT2D eigenvalue weighted by atomic mass is 16.3. The first-order chi connectivity index (χ1) is 14.2. The van der Waals surface area contributed by atoms with Crippen LogP contribution in [0.5, 0.6) is 0 Å². The average molecular weight is 382 g/mol. The summed E-state index contributed by atoms with van der Waals surface area (Å²) in [4.78, 5) is 25.3. The van der Waals surface area contributed by atoms with Crippen LogP contribution in [-0.4, -0.2) is 11.8 Å². The summed E-state index contributed by atoms with van der Waals surface area (Å²) >= 11 is 0. The van der Waals surface area contributed by atoms with Gasteiger partial charge in [0.1, 0.15) is 11.3 Å². The van der Waals surface area contributed by atoms with Crippen LogP contribution >= 0.6 is 0 Å². The zero-order chi connectivity index (χ0) is 20.1. The minimum Gasteiger partial charge on any atom is -0.449 e. The number of benzene rings is 3. The molecule has 0 aliphatic rings. The van der Waals surface area contributed by atoms with Gasteiger partial charge in [-0.25, -0.2) is 0 Å². The van der Waals surface area contributed by atoms with E-state index in [2.05, 4.69) is 10.6 Å². The van der Waals surface area contributed by atoms with Crippen molar-refractivity contribution in [1.82, 2.24) is 0 Å². The summed E-state index contributed by atoms with van der Waals surface area (Å²) in [7, 11) is 0. The maximum absolute atomic E-state index is 12.8. The number of amides is 2. The largest absolute Gasteiger partial charge is 0.449 e. The Morgan fingerprint density at radius 1 is 0.759 bits per heavy atom. The number of rotatable bonds is 5. The lowest BCUT2D eigenvalue weighted by Gasteiger charge is -2.06. The van der Waals surface area contributed by atoms with E-state index in [9.17, 15) is 9.59 Å². The predicted molar refractivity (Wildman–Crippen MR) is 115 cm³/mol. The number of hydrogen-bond donors (Lipinski definition) is 2. The van der Waals surface area contributed by atoms with E-state index in [0.29, 0.717) is 22.3 Å². The molecule has 0 aliphatic carbocycles. The van der Waals surface area contributed by atoms with Crippen molar-refractivity contribution >= 4 is 40.2 Å². The molecule has 1 aromatic heterocycles. The first kappa shape index (κ1) is 18.3. The van der Waals surface area contributed by atoms with Crippen LogP contribution in [0.4, 0.5) is 11.4 Å². The molecule has 2 amide bonds. The summed E-state index contributed by atoms with van der Waals surface area (Å²) in [5.74, 6) is -0.736. The molecule has 4 rings (SSSR count). The Hall–Kier alpha value is -4.12. The third-order valence-electron chi connectivity index (χ3n) is 4.31. The molecule has 0 fully saturated rings. The van der Waals surface area contributed by atoms with E-state index < -0.39 is 5.91 Å². The van der Waals surface area contributed by atoms with Gasteiger partial charge in [-0.2, -0.15) is 0 Å². The van der Waals surface area contributed by atoms with Gasteiger partial charge < -0.3 is 15.1 Å². The van der Waals surface area contributed by atoms with Gasteiger partial charge in [-0.15, -0.1) is 0 Å². The van der Waals surface area contributed by atoms with Crippen LogP contribution < -0.4 is 10.6 Å². The second kappa shape index (κ2) is 8.27. The topological polar surface area (TPSA) is 71.3 Å². The van der Waals surface area contributed by atoms with Gasteiger partial charge in [0, 0.05) is 17.1 Å². The van der Waals surface area contributed by atoms with Crippen LogP contribution in [-0.2, 0) is 4.79 Å². The third-order valence-corrected chi connectivity index (χ3v) is 4.31. The molecule has 2 N–H and O–H groups in total. The second-order valence-electron chi connectivity index (χ2n) is 6.36. The van der Waals surface area contributed by atoms with Gasteiger partial charge in [0.15, 0.2) is 0 Å². The van der Waals surface area contributed by atoms with Crippen molar-refractivity contribution in [1.29, 1.82) is 0 Å². The highest BCUT2D eigenvalue weighted by molar-refractivity contribution is 6.16. The van der Waals surface area contributed by atoms with E-state index in [0.717, 1.165) is 5.56 Å². The van der Waals surface area contributed by atoms with Crippen molar-refractivity contribution in [3.63, 3.8) is 0 Å². The monoisotopic (exact) mass is 382 g/mol. The van der Waals surface area contributed by atoms with Gasteiger partial charge in [-0.05, 0) is 35.9 Å². The minimum atomic E-state index is -0.435. The Morgan fingerprint density at radius 3 is 2.17 bits per heavy atom. The van der Waals surface area contributed by atoms with Gasteiger partial charge in [-0.1, -0.05) is 60.7 Å². The molecule has 0 saturated heterocycles. The Balaban J connectivity index is 1.62. The zero-order valence-corrected chi connectivity index (χ0v) is 15.5. The molecule has 0 bridgehead atoms. The van der Waals surface area contributed by atoms with Gasteiger partial charge in [-0.3, -0.25) is 9.59 Å². The highest BCUT2D eigenvalue weighted by Gasteiger charge is 2.21. The smallest absolute Gasteiger partial charge is 0.293 e. The lowest BCUT2D eigenvalue weighted by Crippen LogP contribution is -2.15. The molecule has 1 heterocycles. The quantitative estimate of drug-likeness (QED) is 0.458. The molecule has 0 radical (unpaired) electrons. The summed E-state index contributed by atoms with van der Waals surface area (Å²) in [6, 6.07) is 25.8. The van der Waals surface area contributed by atoms with E-state index >= 15 is 0 Å². The minimum absolute atomic E-state index is 0.0523. The van der Waals surface area contributed by atoms with Gasteiger partial charge in [0.25, 0.3) is 5.91 Å². The van der Waals surface area contributed by atoms with Crippen molar-refractivity contribution in [3.05, 3.63) is 102 Å². The molecule has 5 nitrogen and oxygen atoms in total. The van der Waals surface area contributed by atoms with Crippen LogP contribution in [0.25, 0.3) is 17.0 Å². The first-order valence-corrected chi connectivity index (χ1v) is 9.13. The third kappa shape index (κ3) is 4.25. The zero-order valence-electron chi connectivity index (χ0n) is 15.5. The highest BCUT2D eigenvalue weighted by Crippen LogP contribution is 2.31.